The second kappa shape index (κ2) is 4.34. The fraction of sp³-hybridized carbons (Fsp3) is 0.875. The molecule has 3 N–H and O–H groups in total. The van der Waals surface area contributed by atoms with Gasteiger partial charge in [-0.3, -0.25) is 5.41 Å². The lowest BCUT2D eigenvalue weighted by molar-refractivity contribution is 0.134. The number of nitrogens with two attached hydrogens (primary N) is 1. The van der Waals surface area contributed by atoms with Crippen LogP contribution in [-0.4, -0.2) is 19.0 Å². The van der Waals surface area contributed by atoms with Crippen molar-refractivity contribution >= 4 is 5.84 Å². The first-order valence-electron chi connectivity index (χ1n) is 4.19. The van der Waals surface area contributed by atoms with Crippen molar-refractivity contribution in [2.45, 2.75) is 25.7 Å². The largest absolute Gasteiger partial charge is 0.388 e. The first kappa shape index (κ1) is 8.53. The van der Waals surface area contributed by atoms with Crippen molar-refractivity contribution in [3.8, 4) is 0 Å². The number of rotatable bonds is 6. The zero-order chi connectivity index (χ0) is 8.10. The molecule has 1 fully saturated rings. The molecule has 0 aromatic rings. The number of nitrogens with one attached hydrogen (secondary N) is 1. The molecule has 1 rings (SSSR count). The summed E-state index contributed by atoms with van der Waals surface area (Å²) < 4.78 is 5.27. The molecule has 0 heterocycles. The molecule has 0 amide bonds. The minimum atomic E-state index is 0.219. The highest BCUT2D eigenvalue weighted by Crippen LogP contribution is 2.31. The molecule has 0 aliphatic heterocycles. The highest BCUT2D eigenvalue weighted by Gasteiger charge is 2.20. The fourth-order valence-corrected chi connectivity index (χ4v) is 0.941. The van der Waals surface area contributed by atoms with Crippen LogP contribution >= 0.6 is 0 Å². The van der Waals surface area contributed by atoms with Crippen LogP contribution < -0.4 is 5.73 Å². The summed E-state index contributed by atoms with van der Waals surface area (Å²) in [5.41, 5.74) is 5.15. The molecule has 0 aromatic heterocycles. The molecule has 0 radical (unpaired) electrons. The maximum absolute atomic E-state index is 6.92. The summed E-state index contributed by atoms with van der Waals surface area (Å²) in [6.07, 6.45) is 4.54. The lowest BCUT2D eigenvalue weighted by Crippen LogP contribution is -2.12. The molecule has 3 heteroatoms. The van der Waals surface area contributed by atoms with Crippen LogP contribution in [0.5, 0.6) is 0 Å². The number of hydrogen-bond donors (Lipinski definition) is 2. The Labute approximate surface area is 67.4 Å². The number of amidine groups is 1. The van der Waals surface area contributed by atoms with E-state index in [1.54, 1.807) is 0 Å². The van der Waals surface area contributed by atoms with Gasteiger partial charge in [0.05, 0.1) is 12.4 Å². The lowest BCUT2D eigenvalue weighted by atomic mass is 10.3. The van der Waals surface area contributed by atoms with E-state index < -0.39 is 0 Å². The Balaban J connectivity index is 1.76. The van der Waals surface area contributed by atoms with E-state index >= 15 is 0 Å². The Morgan fingerprint density at radius 2 is 2.18 bits per heavy atom. The van der Waals surface area contributed by atoms with Crippen molar-refractivity contribution < 1.29 is 4.74 Å². The SMILES string of the molecule is N=C(N)CCOCCC1CC1. The van der Waals surface area contributed by atoms with Gasteiger partial charge in [0.2, 0.25) is 0 Å². The van der Waals surface area contributed by atoms with Crippen molar-refractivity contribution in [1.29, 1.82) is 5.41 Å². The zero-order valence-electron chi connectivity index (χ0n) is 6.81. The van der Waals surface area contributed by atoms with Crippen molar-refractivity contribution in [2.75, 3.05) is 13.2 Å². The van der Waals surface area contributed by atoms with Crippen LogP contribution in [0.15, 0.2) is 0 Å². The van der Waals surface area contributed by atoms with Crippen LogP contribution in [0.4, 0.5) is 0 Å². The maximum atomic E-state index is 6.92. The zero-order valence-corrected chi connectivity index (χ0v) is 6.81. The van der Waals surface area contributed by atoms with Crippen molar-refractivity contribution in [1.82, 2.24) is 0 Å². The summed E-state index contributed by atoms with van der Waals surface area (Å²) in [5, 5.41) is 6.92. The molecule has 1 aliphatic carbocycles. The topological polar surface area (TPSA) is 59.1 Å². The highest BCUT2D eigenvalue weighted by atomic mass is 16.5. The van der Waals surface area contributed by atoms with Crippen LogP contribution in [0.25, 0.3) is 0 Å². The average Bonchev–Trinajstić information content (AvgIpc) is 2.70. The Bertz CT molecular complexity index is 132. The first-order valence-corrected chi connectivity index (χ1v) is 4.19. The third-order valence-corrected chi connectivity index (χ3v) is 1.88. The van der Waals surface area contributed by atoms with Gasteiger partial charge in [0, 0.05) is 13.0 Å². The van der Waals surface area contributed by atoms with Gasteiger partial charge in [-0.2, -0.15) is 0 Å². The molecule has 1 saturated carbocycles. The molecule has 64 valence electrons. The Kier molecular flexibility index (Phi) is 3.36. The Morgan fingerprint density at radius 3 is 2.73 bits per heavy atom. The van der Waals surface area contributed by atoms with E-state index in [9.17, 15) is 0 Å². The summed E-state index contributed by atoms with van der Waals surface area (Å²) in [7, 11) is 0. The van der Waals surface area contributed by atoms with Gasteiger partial charge in [-0.05, 0) is 12.3 Å². The van der Waals surface area contributed by atoms with Gasteiger partial charge in [0.15, 0.2) is 0 Å². The average molecular weight is 156 g/mol. The second-order valence-electron chi connectivity index (χ2n) is 3.12. The Morgan fingerprint density at radius 1 is 1.45 bits per heavy atom. The van der Waals surface area contributed by atoms with E-state index in [-0.39, 0.29) is 5.84 Å². The van der Waals surface area contributed by atoms with Crippen LogP contribution in [0, 0.1) is 11.3 Å². The number of ether oxygens (including phenoxy) is 1. The second-order valence-corrected chi connectivity index (χ2v) is 3.12. The molecule has 1 aliphatic rings. The van der Waals surface area contributed by atoms with Gasteiger partial charge < -0.3 is 10.5 Å². The molecular formula is C8H16N2O. The summed E-state index contributed by atoms with van der Waals surface area (Å²) in [6.45, 7) is 1.46. The smallest absolute Gasteiger partial charge is 0.0928 e. The van der Waals surface area contributed by atoms with Crippen LogP contribution in [0.1, 0.15) is 25.7 Å². The maximum Gasteiger partial charge on any atom is 0.0928 e. The number of hydrogen-bond acceptors (Lipinski definition) is 2. The van der Waals surface area contributed by atoms with Crippen LogP contribution in [0.2, 0.25) is 0 Å². The third-order valence-electron chi connectivity index (χ3n) is 1.88. The standard InChI is InChI=1S/C8H16N2O/c9-8(10)4-6-11-5-3-7-1-2-7/h7H,1-6H2,(H3,9,10). The Hall–Kier alpha value is -0.570. The normalized spacial score (nSPS) is 16.7. The first-order chi connectivity index (χ1) is 5.29. The lowest BCUT2D eigenvalue weighted by Gasteiger charge is -2.01. The minimum Gasteiger partial charge on any atom is -0.388 e. The molecule has 0 atom stereocenters. The predicted molar refractivity (Wildman–Crippen MR) is 44.7 cm³/mol. The van der Waals surface area contributed by atoms with E-state index in [0.29, 0.717) is 13.0 Å². The van der Waals surface area contributed by atoms with Gasteiger partial charge >= 0.3 is 0 Å². The minimum absolute atomic E-state index is 0.219. The van der Waals surface area contributed by atoms with E-state index in [0.717, 1.165) is 12.5 Å². The third kappa shape index (κ3) is 4.79. The summed E-state index contributed by atoms with van der Waals surface area (Å²) in [6, 6.07) is 0. The summed E-state index contributed by atoms with van der Waals surface area (Å²) >= 11 is 0. The highest BCUT2D eigenvalue weighted by molar-refractivity contribution is 5.76. The van der Waals surface area contributed by atoms with E-state index in [1.807, 2.05) is 0 Å². The molecule has 0 spiro atoms. The summed E-state index contributed by atoms with van der Waals surface area (Å²) in [4.78, 5) is 0. The molecule has 0 bridgehead atoms. The molecule has 0 saturated heterocycles. The molecule has 11 heavy (non-hydrogen) atoms. The fourth-order valence-electron chi connectivity index (χ4n) is 0.941. The van der Waals surface area contributed by atoms with Gasteiger partial charge in [0.25, 0.3) is 0 Å². The van der Waals surface area contributed by atoms with Gasteiger partial charge in [-0.25, -0.2) is 0 Å². The van der Waals surface area contributed by atoms with Crippen LogP contribution in [0.3, 0.4) is 0 Å². The van der Waals surface area contributed by atoms with Gasteiger partial charge in [-0.1, -0.05) is 12.8 Å². The quantitative estimate of drug-likeness (QED) is 0.344. The van der Waals surface area contributed by atoms with E-state index in [2.05, 4.69) is 0 Å². The van der Waals surface area contributed by atoms with E-state index in [1.165, 1.54) is 19.3 Å². The predicted octanol–water partition coefficient (Wildman–Crippen LogP) is 1.13. The summed E-state index contributed by atoms with van der Waals surface area (Å²) in [5.74, 6) is 1.16. The molecular weight excluding hydrogens is 140 g/mol. The van der Waals surface area contributed by atoms with Gasteiger partial charge in [-0.15, -0.1) is 0 Å². The van der Waals surface area contributed by atoms with E-state index in [4.69, 9.17) is 15.9 Å². The molecule has 0 aromatic carbocycles. The molecule has 0 unspecified atom stereocenters. The monoisotopic (exact) mass is 156 g/mol. The molecule has 3 nitrogen and oxygen atoms in total. The van der Waals surface area contributed by atoms with Crippen molar-refractivity contribution in [2.24, 2.45) is 11.7 Å². The van der Waals surface area contributed by atoms with Crippen LogP contribution in [-0.2, 0) is 4.74 Å². The van der Waals surface area contributed by atoms with Gasteiger partial charge in [0.1, 0.15) is 0 Å². The van der Waals surface area contributed by atoms with Crippen molar-refractivity contribution in [3.63, 3.8) is 0 Å². The van der Waals surface area contributed by atoms with Crippen molar-refractivity contribution in [3.05, 3.63) is 0 Å².